The van der Waals surface area contributed by atoms with E-state index >= 15 is 0 Å². The van der Waals surface area contributed by atoms with E-state index < -0.39 is 110 Å². The van der Waals surface area contributed by atoms with Gasteiger partial charge in [-0.25, -0.2) is 25.6 Å². The van der Waals surface area contributed by atoms with Gasteiger partial charge in [0, 0.05) is 22.3 Å². The average Bonchev–Trinajstić information content (AvgIpc) is 3.14. The van der Waals surface area contributed by atoms with Crippen molar-refractivity contribution in [3.8, 4) is 0 Å². The number of nitrogens with zero attached hydrogens (tertiary/aromatic N) is 2. The van der Waals surface area contributed by atoms with Crippen LogP contribution in [0.2, 0.25) is 0 Å². The first-order valence-electron chi connectivity index (χ1n) is 16.3. The Labute approximate surface area is 330 Å². The van der Waals surface area contributed by atoms with Crippen molar-refractivity contribution in [1.82, 2.24) is 5.32 Å². The molecule has 4 aromatic rings. The van der Waals surface area contributed by atoms with Crippen LogP contribution in [0.25, 0.3) is 0 Å². The van der Waals surface area contributed by atoms with Crippen LogP contribution in [-0.4, -0.2) is 66.3 Å². The van der Waals surface area contributed by atoms with E-state index in [1.807, 2.05) is 0 Å². The molecule has 0 fully saturated rings. The maximum Gasteiger partial charge on any atom is 0.418 e. The molecule has 0 aliphatic heterocycles. The summed E-state index contributed by atoms with van der Waals surface area (Å²) in [4.78, 5) is 34.3. The van der Waals surface area contributed by atoms with Crippen molar-refractivity contribution in [1.29, 1.82) is 0 Å². The van der Waals surface area contributed by atoms with E-state index in [0.29, 0.717) is 27.0 Å². The lowest BCUT2D eigenvalue weighted by Crippen LogP contribution is -2.34. The molecule has 0 spiro atoms. The molecule has 59 heavy (non-hydrogen) atoms. The van der Waals surface area contributed by atoms with Crippen molar-refractivity contribution >= 4 is 48.9 Å². The highest BCUT2D eigenvalue weighted by molar-refractivity contribution is 7.92. The predicted molar refractivity (Wildman–Crippen MR) is 194 cm³/mol. The van der Waals surface area contributed by atoms with Crippen LogP contribution in [0.4, 0.5) is 55.3 Å². The van der Waals surface area contributed by atoms with Crippen molar-refractivity contribution in [2.75, 3.05) is 34.2 Å². The summed E-state index contributed by atoms with van der Waals surface area (Å²) >= 11 is 0. The summed E-state index contributed by atoms with van der Waals surface area (Å²) in [5.74, 6) is -5.17. The van der Waals surface area contributed by atoms with Crippen LogP contribution in [0.15, 0.2) is 84.9 Å². The lowest BCUT2D eigenvalue weighted by Gasteiger charge is -2.26. The van der Waals surface area contributed by atoms with Crippen molar-refractivity contribution < 1.29 is 75.1 Å². The SMILES string of the molecule is CS(=O)(=O)N(Cc1ccc(C(=O)CN)cc1F)c1ccccc1C(F)(F)F.CS(=O)(=O)N(Cc1ccc(C(=O)CNC(=O)C(F)F)cc1F)c1ccccc1C(F)(F)F. The van der Waals surface area contributed by atoms with Gasteiger partial charge in [-0.3, -0.25) is 23.0 Å². The molecule has 0 unspecified atom stereocenters. The Bertz CT molecular complexity index is 2410. The molecule has 1 amide bonds. The van der Waals surface area contributed by atoms with Gasteiger partial charge in [0.05, 0.1) is 61.2 Å². The fourth-order valence-corrected chi connectivity index (χ4v) is 6.88. The third kappa shape index (κ3) is 13.0. The second kappa shape index (κ2) is 19.0. The Morgan fingerprint density at radius 2 is 1.02 bits per heavy atom. The van der Waals surface area contributed by atoms with Gasteiger partial charge in [0.15, 0.2) is 11.6 Å². The minimum Gasteiger partial charge on any atom is -0.344 e. The molecule has 0 saturated heterocycles. The summed E-state index contributed by atoms with van der Waals surface area (Å²) in [6, 6.07) is 13.9. The second-order valence-corrected chi connectivity index (χ2v) is 16.1. The zero-order valence-electron chi connectivity index (χ0n) is 30.4. The summed E-state index contributed by atoms with van der Waals surface area (Å²) in [5, 5.41) is 1.65. The summed E-state index contributed by atoms with van der Waals surface area (Å²) in [6.07, 6.45) is -11.6. The Morgan fingerprint density at radius 3 is 1.34 bits per heavy atom. The molecular formula is C36H32F10N4O7S2. The quantitative estimate of drug-likeness (QED) is 0.110. The Hall–Kier alpha value is -5.55. The standard InChI is InChI=1S/C19H16F6N2O4S.C17H16F4N2O3S/c1-32(30,31)27(15-5-3-2-4-13(15)19(23,24)25)10-12-7-6-11(8-14(12)20)16(28)9-26-18(29)17(21)22;1-27(25,26)23(15-5-3-2-4-13(15)17(19,20)21)10-12-7-6-11(8-14(12)18)16(24)9-22/h2-8,17H,9-10H2,1H3,(H,26,29);2-8H,9-10,22H2,1H3. The van der Waals surface area contributed by atoms with Gasteiger partial charge in [0.25, 0.3) is 5.91 Å². The third-order valence-electron chi connectivity index (χ3n) is 7.94. The number of hydrogen-bond donors (Lipinski definition) is 2. The number of anilines is 2. The number of carbonyl (C=O) groups is 3. The van der Waals surface area contributed by atoms with Crippen LogP contribution >= 0.6 is 0 Å². The molecule has 4 rings (SSSR count). The number of amides is 1. The number of Topliss-reactive ketones (excluding diaryl/α,β-unsaturated/α-hetero) is 2. The minimum absolute atomic E-state index is 0.0136. The van der Waals surface area contributed by atoms with Crippen LogP contribution in [-0.2, 0) is 50.3 Å². The Balaban J connectivity index is 0.000000320. The molecule has 23 heteroatoms. The van der Waals surface area contributed by atoms with Gasteiger partial charge < -0.3 is 11.1 Å². The molecule has 0 aromatic heterocycles. The van der Waals surface area contributed by atoms with E-state index in [1.54, 1.807) is 5.32 Å². The molecule has 3 N–H and O–H groups in total. The summed E-state index contributed by atoms with van der Waals surface area (Å²) in [5.41, 5.74) is 0.598. The highest BCUT2D eigenvalue weighted by Crippen LogP contribution is 2.39. The highest BCUT2D eigenvalue weighted by Gasteiger charge is 2.38. The van der Waals surface area contributed by atoms with Crippen LogP contribution in [0.3, 0.4) is 0 Å². The molecule has 320 valence electrons. The molecule has 0 atom stereocenters. The van der Waals surface area contributed by atoms with Gasteiger partial charge in [-0.2, -0.15) is 35.1 Å². The van der Waals surface area contributed by atoms with E-state index in [-0.39, 0.29) is 28.8 Å². The smallest absolute Gasteiger partial charge is 0.344 e. The number of halogens is 10. The Kier molecular flexibility index (Phi) is 15.4. The normalized spacial score (nSPS) is 12.0. The number of carbonyl (C=O) groups excluding carboxylic acids is 3. The van der Waals surface area contributed by atoms with Gasteiger partial charge in [-0.15, -0.1) is 0 Å². The average molecular weight is 887 g/mol. The molecule has 0 heterocycles. The number of sulfonamides is 2. The molecule has 11 nitrogen and oxygen atoms in total. The van der Waals surface area contributed by atoms with E-state index in [0.717, 1.165) is 60.9 Å². The Morgan fingerprint density at radius 1 is 0.644 bits per heavy atom. The number of benzene rings is 4. The number of nitrogens with two attached hydrogens (primary N) is 1. The largest absolute Gasteiger partial charge is 0.418 e. The molecular weight excluding hydrogens is 855 g/mol. The zero-order valence-corrected chi connectivity index (χ0v) is 32.0. The van der Waals surface area contributed by atoms with E-state index in [9.17, 15) is 75.1 Å². The predicted octanol–water partition coefficient (Wildman–Crippen LogP) is 6.33. The zero-order chi connectivity index (χ0) is 44.7. The molecule has 0 saturated carbocycles. The van der Waals surface area contributed by atoms with Gasteiger partial charge in [-0.1, -0.05) is 48.5 Å². The molecule has 4 aromatic carbocycles. The molecule has 0 bridgehead atoms. The molecule has 0 radical (unpaired) electrons. The van der Waals surface area contributed by atoms with Crippen LogP contribution in [0.1, 0.15) is 43.0 Å². The van der Waals surface area contributed by atoms with E-state index in [4.69, 9.17) is 5.73 Å². The van der Waals surface area contributed by atoms with Gasteiger partial charge >= 0.3 is 18.8 Å². The van der Waals surface area contributed by atoms with Crippen LogP contribution in [0.5, 0.6) is 0 Å². The summed E-state index contributed by atoms with van der Waals surface area (Å²) in [7, 11) is -8.45. The highest BCUT2D eigenvalue weighted by atomic mass is 32.2. The summed E-state index contributed by atoms with van der Waals surface area (Å²) < 4.78 is 182. The lowest BCUT2D eigenvalue weighted by molar-refractivity contribution is -0.137. The van der Waals surface area contributed by atoms with E-state index in [2.05, 4.69) is 0 Å². The maximum atomic E-state index is 14.5. The lowest BCUT2D eigenvalue weighted by atomic mass is 10.1. The first-order valence-corrected chi connectivity index (χ1v) is 20.0. The maximum absolute atomic E-state index is 14.5. The number of ketones is 2. The van der Waals surface area contributed by atoms with Crippen LogP contribution < -0.4 is 19.7 Å². The second-order valence-electron chi connectivity index (χ2n) is 12.3. The van der Waals surface area contributed by atoms with Gasteiger partial charge in [0.1, 0.15) is 11.6 Å². The monoisotopic (exact) mass is 886 g/mol. The molecule has 0 aliphatic rings. The topological polar surface area (TPSA) is 164 Å². The van der Waals surface area contributed by atoms with Crippen molar-refractivity contribution in [2.45, 2.75) is 31.9 Å². The van der Waals surface area contributed by atoms with Crippen molar-refractivity contribution in [2.24, 2.45) is 5.73 Å². The number of rotatable bonds is 14. The fourth-order valence-electron chi connectivity index (χ4n) is 5.10. The summed E-state index contributed by atoms with van der Waals surface area (Å²) in [6.45, 7) is -2.66. The number of nitrogens with one attached hydrogen (secondary N) is 1. The minimum atomic E-state index is -4.88. The first kappa shape index (κ1) is 47.8. The van der Waals surface area contributed by atoms with Crippen molar-refractivity contribution in [3.05, 3.63) is 130 Å². The van der Waals surface area contributed by atoms with Gasteiger partial charge in [-0.05, 0) is 36.4 Å². The first-order chi connectivity index (χ1) is 27.2. The van der Waals surface area contributed by atoms with Crippen molar-refractivity contribution in [3.63, 3.8) is 0 Å². The van der Waals surface area contributed by atoms with Crippen LogP contribution in [0, 0.1) is 11.6 Å². The number of alkyl halides is 8. The van der Waals surface area contributed by atoms with E-state index in [1.165, 1.54) is 18.2 Å². The third-order valence-corrected chi connectivity index (χ3v) is 10.2. The van der Waals surface area contributed by atoms with Gasteiger partial charge in [0.2, 0.25) is 20.0 Å². The molecule has 0 aliphatic carbocycles. The number of para-hydroxylation sites is 2. The number of hydrogen-bond acceptors (Lipinski definition) is 8. The fraction of sp³-hybridized carbons (Fsp3) is 0.250.